The maximum Gasteiger partial charge on any atom is 0.337 e. The molecule has 0 saturated heterocycles. The summed E-state index contributed by atoms with van der Waals surface area (Å²) in [7, 11) is 0.0946. The molecule has 0 aliphatic rings. The molecule has 102 valence electrons. The first kappa shape index (κ1) is 18.4. The van der Waals surface area contributed by atoms with Crippen LogP contribution in [0.1, 0.15) is 13.8 Å². The number of rotatable bonds is 4. The summed E-state index contributed by atoms with van der Waals surface area (Å²) in [4.78, 5) is 11.0. The highest BCUT2D eigenvalue weighted by Crippen LogP contribution is 1.99. The molecular weight excluding hydrogens is 246 g/mol. The molecule has 0 radical (unpaired) electrons. The van der Waals surface area contributed by atoms with Gasteiger partial charge in [0.05, 0.1) is 30.8 Å². The second kappa shape index (κ2) is 7.41. The van der Waals surface area contributed by atoms with Gasteiger partial charge in [-0.25, -0.2) is 13.2 Å². The molecule has 7 heteroatoms. The molecule has 0 rings (SSSR count). The quantitative estimate of drug-likeness (QED) is 0.241. The predicted molar refractivity (Wildman–Crippen MR) is 64.0 cm³/mol. The predicted octanol–water partition coefficient (Wildman–Crippen LogP) is 0.321. The fourth-order valence-corrected chi connectivity index (χ4v) is 0.448. The van der Waals surface area contributed by atoms with Crippen LogP contribution in [0, 0.1) is 0 Å². The number of esters is 1. The van der Waals surface area contributed by atoms with Crippen molar-refractivity contribution in [3.8, 4) is 0 Å². The Bertz CT molecular complexity index is 351. The summed E-state index contributed by atoms with van der Waals surface area (Å²) in [5, 5.41) is 0. The van der Waals surface area contributed by atoms with E-state index in [2.05, 4.69) is 13.5 Å². The Labute approximate surface area is 103 Å². The minimum atomic E-state index is -3.92. The van der Waals surface area contributed by atoms with Crippen LogP contribution in [0.5, 0.6) is 0 Å². The van der Waals surface area contributed by atoms with Crippen molar-refractivity contribution in [2.75, 3.05) is 33.6 Å². The summed E-state index contributed by atoms with van der Waals surface area (Å²) in [6.07, 6.45) is 0.604. The van der Waals surface area contributed by atoms with Crippen LogP contribution >= 0.6 is 0 Å². The minimum Gasteiger partial charge on any atom is -0.748 e. The minimum absolute atomic E-state index is 0.311. The summed E-state index contributed by atoms with van der Waals surface area (Å²) in [6, 6.07) is 0. The smallest absolute Gasteiger partial charge is 0.337 e. The normalized spacial score (nSPS) is 11.2. The standard InChI is InChI=1S/C9H18NO2.CH4O3S/c1-6-10(4,5)7-12-9(11)8(2)3;1-5(2,3)4/h2,6-7H2,1,3-5H3;1H3,(H,2,3,4)/q+1;/p-1. The number of quaternary nitrogens is 1. The zero-order valence-electron chi connectivity index (χ0n) is 11.0. The molecule has 0 unspecified atom stereocenters. The Morgan fingerprint density at radius 3 is 2.00 bits per heavy atom. The number of carbonyl (C=O) groups excluding carboxylic acids is 1. The lowest BCUT2D eigenvalue weighted by Crippen LogP contribution is -2.41. The van der Waals surface area contributed by atoms with E-state index in [1.807, 2.05) is 14.1 Å². The van der Waals surface area contributed by atoms with Crippen molar-refractivity contribution < 1.29 is 27.0 Å². The van der Waals surface area contributed by atoms with Crippen molar-refractivity contribution in [1.29, 1.82) is 0 Å². The summed E-state index contributed by atoms with van der Waals surface area (Å²) >= 11 is 0. The van der Waals surface area contributed by atoms with Gasteiger partial charge in [0.1, 0.15) is 0 Å². The molecule has 0 aliphatic heterocycles. The highest BCUT2D eigenvalue weighted by Gasteiger charge is 2.14. The third-order valence-electron chi connectivity index (χ3n) is 1.75. The molecule has 6 nitrogen and oxygen atoms in total. The maximum atomic E-state index is 11.0. The second-order valence-corrected chi connectivity index (χ2v) is 5.71. The molecule has 0 aromatic rings. The van der Waals surface area contributed by atoms with Crippen molar-refractivity contribution in [1.82, 2.24) is 0 Å². The highest BCUT2D eigenvalue weighted by atomic mass is 32.2. The lowest BCUT2D eigenvalue weighted by molar-refractivity contribution is -0.905. The third kappa shape index (κ3) is 17.7. The average molecular weight is 267 g/mol. The van der Waals surface area contributed by atoms with Crippen LogP contribution in [0.2, 0.25) is 0 Å². The Hall–Kier alpha value is -0.920. The molecule has 0 atom stereocenters. The molecule has 0 fully saturated rings. The van der Waals surface area contributed by atoms with Crippen molar-refractivity contribution in [3.05, 3.63) is 12.2 Å². The van der Waals surface area contributed by atoms with Gasteiger partial charge in [-0.2, -0.15) is 0 Å². The van der Waals surface area contributed by atoms with Crippen molar-refractivity contribution in [3.63, 3.8) is 0 Å². The van der Waals surface area contributed by atoms with E-state index in [-0.39, 0.29) is 5.97 Å². The number of hydrogen-bond acceptors (Lipinski definition) is 5. The van der Waals surface area contributed by atoms with Crippen molar-refractivity contribution in [2.24, 2.45) is 0 Å². The van der Waals surface area contributed by atoms with Gasteiger partial charge in [0.25, 0.3) is 0 Å². The zero-order chi connectivity index (χ0) is 14.3. The molecule has 0 aromatic heterocycles. The molecule has 17 heavy (non-hydrogen) atoms. The molecular formula is C10H21NO5S. The summed E-state index contributed by atoms with van der Waals surface area (Å²) in [5.74, 6) is -0.311. The van der Waals surface area contributed by atoms with E-state index in [4.69, 9.17) is 17.7 Å². The molecule has 0 amide bonds. The maximum absolute atomic E-state index is 11.0. The van der Waals surface area contributed by atoms with E-state index in [9.17, 15) is 4.79 Å². The molecule has 0 aromatic carbocycles. The van der Waals surface area contributed by atoms with Crippen LogP contribution in [0.15, 0.2) is 12.2 Å². The zero-order valence-corrected chi connectivity index (χ0v) is 11.8. The van der Waals surface area contributed by atoms with Gasteiger partial charge in [-0.1, -0.05) is 6.58 Å². The van der Waals surface area contributed by atoms with Crippen LogP contribution < -0.4 is 0 Å². The van der Waals surface area contributed by atoms with Crippen LogP contribution in [-0.2, 0) is 19.6 Å². The van der Waals surface area contributed by atoms with Gasteiger partial charge in [-0.05, 0) is 13.8 Å². The Morgan fingerprint density at radius 1 is 1.41 bits per heavy atom. The third-order valence-corrected chi connectivity index (χ3v) is 1.75. The van der Waals surface area contributed by atoms with E-state index >= 15 is 0 Å². The molecule has 0 spiro atoms. The fraction of sp³-hybridized carbons (Fsp3) is 0.700. The molecule has 0 aliphatic carbocycles. The Kier molecular flexibility index (Phi) is 8.04. The van der Waals surface area contributed by atoms with Gasteiger partial charge in [0.2, 0.25) is 6.73 Å². The first-order chi connectivity index (χ1) is 7.39. The number of hydrogen-bond donors (Lipinski definition) is 0. The first-order valence-corrected chi connectivity index (χ1v) is 6.76. The van der Waals surface area contributed by atoms with Crippen LogP contribution in [0.25, 0.3) is 0 Å². The largest absolute Gasteiger partial charge is 0.748 e. The van der Waals surface area contributed by atoms with Crippen LogP contribution in [0.4, 0.5) is 0 Å². The SMILES string of the molecule is C=C(C)C(=O)OC[N+](C)(C)CC.CS(=O)(=O)[O-]. The monoisotopic (exact) mass is 267 g/mol. The molecule has 0 saturated carbocycles. The van der Waals surface area contributed by atoms with Crippen LogP contribution in [0.3, 0.4) is 0 Å². The number of ether oxygens (including phenoxy) is 1. The van der Waals surface area contributed by atoms with E-state index in [1.165, 1.54) is 0 Å². The van der Waals surface area contributed by atoms with E-state index in [0.717, 1.165) is 6.54 Å². The lowest BCUT2D eigenvalue weighted by atomic mass is 10.4. The van der Waals surface area contributed by atoms with Gasteiger partial charge in [0, 0.05) is 11.8 Å². The number of carbonyl (C=O) groups is 1. The van der Waals surface area contributed by atoms with Crippen LogP contribution in [-0.4, -0.2) is 57.0 Å². The van der Waals surface area contributed by atoms with E-state index < -0.39 is 10.1 Å². The molecule has 0 bridgehead atoms. The second-order valence-electron chi connectivity index (χ2n) is 4.30. The topological polar surface area (TPSA) is 83.5 Å². The molecule has 0 N–H and O–H groups in total. The summed E-state index contributed by atoms with van der Waals surface area (Å²) in [5.41, 5.74) is 0.450. The van der Waals surface area contributed by atoms with E-state index in [1.54, 1.807) is 6.92 Å². The van der Waals surface area contributed by atoms with E-state index in [0.29, 0.717) is 23.0 Å². The number of nitrogens with zero attached hydrogens (tertiary/aromatic N) is 1. The molecule has 0 heterocycles. The average Bonchev–Trinajstić information content (AvgIpc) is 2.11. The van der Waals surface area contributed by atoms with Gasteiger partial charge in [-0.3, -0.25) is 4.48 Å². The summed E-state index contributed by atoms with van der Waals surface area (Å²) in [6.45, 7) is 8.54. The highest BCUT2D eigenvalue weighted by molar-refractivity contribution is 7.84. The van der Waals surface area contributed by atoms with Crippen molar-refractivity contribution in [2.45, 2.75) is 13.8 Å². The lowest BCUT2D eigenvalue weighted by Gasteiger charge is -2.26. The van der Waals surface area contributed by atoms with Gasteiger partial charge in [0.15, 0.2) is 0 Å². The van der Waals surface area contributed by atoms with Gasteiger partial charge >= 0.3 is 5.97 Å². The van der Waals surface area contributed by atoms with Gasteiger partial charge < -0.3 is 9.29 Å². The van der Waals surface area contributed by atoms with Crippen molar-refractivity contribution >= 4 is 16.1 Å². The Morgan fingerprint density at radius 2 is 1.76 bits per heavy atom. The first-order valence-electron chi connectivity index (χ1n) is 4.94. The fourth-order valence-electron chi connectivity index (χ4n) is 0.448. The Balaban J connectivity index is 0. The van der Waals surface area contributed by atoms with Gasteiger partial charge in [-0.15, -0.1) is 0 Å². The summed E-state index contributed by atoms with van der Waals surface area (Å²) < 4.78 is 32.9.